The molecule has 0 unspecified atom stereocenters. The molecule has 1 aromatic carbocycles. The molecule has 1 aromatic heterocycles. The van der Waals surface area contributed by atoms with Gasteiger partial charge in [-0.1, -0.05) is 5.16 Å². The van der Waals surface area contributed by atoms with E-state index < -0.39 is 15.9 Å². The summed E-state index contributed by atoms with van der Waals surface area (Å²) < 4.78 is 42.0. The van der Waals surface area contributed by atoms with E-state index in [0.717, 1.165) is 0 Å². The lowest BCUT2D eigenvalue weighted by Crippen LogP contribution is -2.28. The van der Waals surface area contributed by atoms with Crippen molar-refractivity contribution < 1.29 is 27.2 Å². The molecule has 9 nitrogen and oxygen atoms in total. The monoisotopic (exact) mass is 369 g/mol. The Morgan fingerprint density at radius 3 is 2.60 bits per heavy atom. The zero-order chi connectivity index (χ0) is 18.4. The van der Waals surface area contributed by atoms with Gasteiger partial charge in [0, 0.05) is 25.1 Å². The van der Waals surface area contributed by atoms with E-state index in [0.29, 0.717) is 11.5 Å². The van der Waals surface area contributed by atoms with Crippen LogP contribution in [0.3, 0.4) is 0 Å². The number of nitrogens with zero attached hydrogens (tertiary/aromatic N) is 1. The molecule has 0 bridgehead atoms. The molecule has 0 aliphatic carbocycles. The Morgan fingerprint density at radius 2 is 2.00 bits per heavy atom. The number of sulfonamides is 1. The number of carbonyl (C=O) groups excluding carboxylic acids is 1. The van der Waals surface area contributed by atoms with Gasteiger partial charge in [0.25, 0.3) is 0 Å². The van der Waals surface area contributed by atoms with E-state index in [1.54, 1.807) is 13.0 Å². The minimum absolute atomic E-state index is 0.0386. The Morgan fingerprint density at radius 1 is 1.24 bits per heavy atom. The summed E-state index contributed by atoms with van der Waals surface area (Å²) in [6, 6.07) is 5.91. The van der Waals surface area contributed by atoms with Crippen LogP contribution in [0.5, 0.6) is 11.5 Å². The number of hydrogen-bond acceptors (Lipinski definition) is 7. The number of benzene rings is 1. The van der Waals surface area contributed by atoms with Crippen LogP contribution in [-0.2, 0) is 14.8 Å². The highest BCUT2D eigenvalue weighted by atomic mass is 32.2. The largest absolute Gasteiger partial charge is 0.497 e. The van der Waals surface area contributed by atoms with E-state index in [-0.39, 0.29) is 29.4 Å². The van der Waals surface area contributed by atoms with E-state index in [1.807, 2.05) is 0 Å². The first-order valence-corrected chi connectivity index (χ1v) is 8.79. The molecule has 0 atom stereocenters. The fourth-order valence-electron chi connectivity index (χ4n) is 2.00. The first-order valence-electron chi connectivity index (χ1n) is 7.30. The molecule has 2 aromatic rings. The molecule has 2 N–H and O–H groups in total. The molecule has 0 aliphatic rings. The smallest absolute Gasteiger partial charge is 0.244 e. The number of amides is 1. The number of rotatable bonds is 8. The van der Waals surface area contributed by atoms with Crippen LogP contribution in [0.2, 0.25) is 0 Å². The molecule has 0 fully saturated rings. The van der Waals surface area contributed by atoms with Gasteiger partial charge in [-0.2, -0.15) is 0 Å². The second-order valence-corrected chi connectivity index (χ2v) is 6.77. The highest BCUT2D eigenvalue weighted by molar-refractivity contribution is 7.89. The van der Waals surface area contributed by atoms with Crippen molar-refractivity contribution in [1.29, 1.82) is 0 Å². The summed E-state index contributed by atoms with van der Waals surface area (Å²) in [6.07, 6.45) is -0.0659. The number of carbonyl (C=O) groups is 1. The van der Waals surface area contributed by atoms with Gasteiger partial charge in [-0.25, -0.2) is 13.1 Å². The van der Waals surface area contributed by atoms with Crippen molar-refractivity contribution in [2.24, 2.45) is 0 Å². The van der Waals surface area contributed by atoms with Gasteiger partial charge in [0.1, 0.15) is 22.2 Å². The lowest BCUT2D eigenvalue weighted by atomic mass is 10.3. The molecule has 25 heavy (non-hydrogen) atoms. The summed E-state index contributed by atoms with van der Waals surface area (Å²) in [6.45, 7) is 1.61. The van der Waals surface area contributed by atoms with Gasteiger partial charge in [0.05, 0.1) is 14.2 Å². The predicted molar refractivity (Wildman–Crippen MR) is 89.2 cm³/mol. The molecule has 2 rings (SSSR count). The van der Waals surface area contributed by atoms with Crippen LogP contribution in [0.1, 0.15) is 12.2 Å². The Balaban J connectivity index is 1.96. The third-order valence-corrected chi connectivity index (χ3v) is 4.70. The van der Waals surface area contributed by atoms with Crippen molar-refractivity contribution in [1.82, 2.24) is 9.88 Å². The molecule has 0 spiro atoms. The average molecular weight is 369 g/mol. The van der Waals surface area contributed by atoms with Gasteiger partial charge in [-0.15, -0.1) is 0 Å². The van der Waals surface area contributed by atoms with E-state index in [9.17, 15) is 13.2 Å². The van der Waals surface area contributed by atoms with Crippen molar-refractivity contribution in [3.63, 3.8) is 0 Å². The minimum Gasteiger partial charge on any atom is -0.497 e. The number of nitrogens with one attached hydrogen (secondary N) is 2. The molecule has 0 aliphatic heterocycles. The molecular weight excluding hydrogens is 350 g/mol. The number of aromatic nitrogens is 1. The van der Waals surface area contributed by atoms with Gasteiger partial charge in [-0.05, 0) is 19.1 Å². The van der Waals surface area contributed by atoms with Crippen molar-refractivity contribution in [2.45, 2.75) is 18.2 Å². The Labute approximate surface area is 145 Å². The van der Waals surface area contributed by atoms with E-state index in [1.165, 1.54) is 32.4 Å². The number of methoxy groups -OCH3 is 2. The Bertz CT molecular complexity index is 847. The normalized spacial score (nSPS) is 11.2. The molecule has 136 valence electrons. The third-order valence-electron chi connectivity index (χ3n) is 3.20. The lowest BCUT2D eigenvalue weighted by Gasteiger charge is -2.11. The summed E-state index contributed by atoms with van der Waals surface area (Å²) in [5.74, 6) is 1.06. The summed E-state index contributed by atoms with van der Waals surface area (Å²) in [5.41, 5.74) is 0. The first kappa shape index (κ1) is 18.7. The van der Waals surface area contributed by atoms with Crippen molar-refractivity contribution >= 4 is 21.7 Å². The van der Waals surface area contributed by atoms with Crippen LogP contribution in [0.25, 0.3) is 0 Å². The average Bonchev–Trinajstić information content (AvgIpc) is 2.98. The molecule has 0 saturated heterocycles. The summed E-state index contributed by atoms with van der Waals surface area (Å²) in [7, 11) is -1.01. The van der Waals surface area contributed by atoms with Crippen LogP contribution in [0.4, 0.5) is 5.82 Å². The van der Waals surface area contributed by atoms with Crippen LogP contribution in [-0.4, -0.2) is 40.2 Å². The van der Waals surface area contributed by atoms with Crippen molar-refractivity contribution in [2.75, 3.05) is 26.1 Å². The Hall–Kier alpha value is -2.59. The van der Waals surface area contributed by atoms with E-state index in [4.69, 9.17) is 14.0 Å². The second kappa shape index (κ2) is 7.99. The second-order valence-electron chi connectivity index (χ2n) is 5.04. The number of anilines is 1. The van der Waals surface area contributed by atoms with Crippen LogP contribution >= 0.6 is 0 Å². The topological polar surface area (TPSA) is 120 Å². The van der Waals surface area contributed by atoms with Gasteiger partial charge in [-0.3, -0.25) is 4.79 Å². The third kappa shape index (κ3) is 4.94. The van der Waals surface area contributed by atoms with E-state index >= 15 is 0 Å². The maximum absolute atomic E-state index is 12.4. The number of aryl methyl sites for hydroxylation is 1. The fourth-order valence-corrected chi connectivity index (χ4v) is 3.18. The molecule has 1 amide bonds. The molecule has 0 saturated carbocycles. The number of ether oxygens (including phenoxy) is 2. The van der Waals surface area contributed by atoms with Gasteiger partial charge >= 0.3 is 0 Å². The van der Waals surface area contributed by atoms with Gasteiger partial charge < -0.3 is 19.3 Å². The SMILES string of the molecule is COc1ccc(S(=O)(=O)NCCC(=O)Nc2cc(C)on2)c(OC)c1. The molecule has 1 heterocycles. The summed E-state index contributed by atoms with van der Waals surface area (Å²) >= 11 is 0. The predicted octanol–water partition coefficient (Wildman–Crippen LogP) is 1.31. The fraction of sp³-hybridized carbons (Fsp3) is 0.333. The maximum atomic E-state index is 12.4. The minimum atomic E-state index is -3.84. The first-order chi connectivity index (χ1) is 11.9. The zero-order valence-electron chi connectivity index (χ0n) is 14.0. The molecular formula is C15H19N3O6S. The summed E-state index contributed by atoms with van der Waals surface area (Å²) in [4.78, 5) is 11.7. The highest BCUT2D eigenvalue weighted by Crippen LogP contribution is 2.28. The zero-order valence-corrected chi connectivity index (χ0v) is 14.8. The number of hydrogen-bond donors (Lipinski definition) is 2. The van der Waals surface area contributed by atoms with E-state index in [2.05, 4.69) is 15.2 Å². The summed E-state index contributed by atoms with van der Waals surface area (Å²) in [5, 5.41) is 6.13. The maximum Gasteiger partial charge on any atom is 0.244 e. The Kier molecular flexibility index (Phi) is 5.99. The highest BCUT2D eigenvalue weighted by Gasteiger charge is 2.20. The standard InChI is InChI=1S/C15H19N3O6S/c1-10-8-14(18-24-10)17-15(19)6-7-16-25(20,21)13-5-4-11(22-2)9-12(13)23-3/h4-5,8-9,16H,6-7H2,1-3H3,(H,17,18,19). The quantitative estimate of drug-likeness (QED) is 0.720. The van der Waals surface area contributed by atoms with Crippen molar-refractivity contribution in [3.8, 4) is 11.5 Å². The van der Waals surface area contributed by atoms with Crippen LogP contribution in [0.15, 0.2) is 33.7 Å². The van der Waals surface area contributed by atoms with Crippen LogP contribution < -0.4 is 19.5 Å². The van der Waals surface area contributed by atoms with Gasteiger partial charge in [0.2, 0.25) is 15.9 Å². The lowest BCUT2D eigenvalue weighted by molar-refractivity contribution is -0.116. The molecule has 10 heteroatoms. The van der Waals surface area contributed by atoms with Crippen molar-refractivity contribution in [3.05, 3.63) is 30.0 Å². The molecule has 0 radical (unpaired) electrons. The van der Waals surface area contributed by atoms with Crippen LogP contribution in [0, 0.1) is 6.92 Å². The van der Waals surface area contributed by atoms with Gasteiger partial charge in [0.15, 0.2) is 5.82 Å².